The molecule has 0 radical (unpaired) electrons. The number of hydrogen-bond acceptors (Lipinski definition) is 3. The first-order valence-corrected chi connectivity index (χ1v) is 7.46. The number of hydrogen-bond donors (Lipinski definition) is 0. The predicted molar refractivity (Wildman–Crippen MR) is 79.9 cm³/mol. The van der Waals surface area contributed by atoms with Gasteiger partial charge in [0.15, 0.2) is 0 Å². The Labute approximate surface area is 120 Å². The predicted octanol–water partition coefficient (Wildman–Crippen LogP) is 2.19. The molecule has 3 fully saturated rings. The van der Waals surface area contributed by atoms with Crippen molar-refractivity contribution in [3.63, 3.8) is 0 Å². The minimum absolute atomic E-state index is 0.0471. The fourth-order valence-corrected chi connectivity index (χ4v) is 3.13. The van der Waals surface area contributed by atoms with Crippen molar-refractivity contribution in [1.29, 1.82) is 0 Å². The molecule has 3 aliphatic rings. The molecule has 1 aromatic heterocycles. The van der Waals surface area contributed by atoms with Gasteiger partial charge in [-0.25, -0.2) is 0 Å². The maximum Gasteiger partial charge on any atom is 0.241 e. The molecule has 3 aliphatic heterocycles. The van der Waals surface area contributed by atoms with E-state index in [1.165, 1.54) is 0 Å². The van der Waals surface area contributed by atoms with Crippen molar-refractivity contribution in [2.75, 3.05) is 24.5 Å². The topological polar surface area (TPSA) is 36.4 Å². The van der Waals surface area contributed by atoms with E-state index < -0.39 is 0 Å². The molecule has 1 amide bonds. The lowest BCUT2D eigenvalue weighted by molar-refractivity contribution is -0.118. The maximum absolute atomic E-state index is 12.4. The van der Waals surface area contributed by atoms with Gasteiger partial charge in [-0.15, -0.1) is 0 Å². The zero-order valence-corrected chi connectivity index (χ0v) is 12.6. The van der Waals surface area contributed by atoms with Gasteiger partial charge in [-0.2, -0.15) is 0 Å². The zero-order valence-electron chi connectivity index (χ0n) is 12.6. The molecular formula is C16H23N3O. The van der Waals surface area contributed by atoms with Crippen LogP contribution in [-0.2, 0) is 10.2 Å². The van der Waals surface area contributed by atoms with Crippen molar-refractivity contribution in [2.45, 2.75) is 45.1 Å². The highest BCUT2D eigenvalue weighted by Crippen LogP contribution is 2.28. The molecule has 0 aliphatic carbocycles. The lowest BCUT2D eigenvalue weighted by atomic mass is 9.91. The van der Waals surface area contributed by atoms with Crippen LogP contribution in [0.15, 0.2) is 18.3 Å². The van der Waals surface area contributed by atoms with Crippen LogP contribution in [-0.4, -0.2) is 41.5 Å². The van der Waals surface area contributed by atoms with Crippen LogP contribution in [0.5, 0.6) is 0 Å². The van der Waals surface area contributed by atoms with Gasteiger partial charge in [0.25, 0.3) is 0 Å². The fourth-order valence-electron chi connectivity index (χ4n) is 3.13. The average molecular weight is 273 g/mol. The smallest absolute Gasteiger partial charge is 0.241 e. The number of nitrogens with zero attached hydrogens (tertiary/aromatic N) is 3. The Hall–Kier alpha value is -1.42. The van der Waals surface area contributed by atoms with Crippen LogP contribution in [0.4, 0.5) is 5.69 Å². The Morgan fingerprint density at radius 2 is 1.90 bits per heavy atom. The molecule has 0 aromatic carbocycles. The molecule has 4 heteroatoms. The van der Waals surface area contributed by atoms with Crippen LogP contribution in [0.25, 0.3) is 0 Å². The molecule has 20 heavy (non-hydrogen) atoms. The van der Waals surface area contributed by atoms with Gasteiger partial charge in [0.2, 0.25) is 5.91 Å². The molecule has 4 rings (SSSR count). The molecule has 0 spiro atoms. The summed E-state index contributed by atoms with van der Waals surface area (Å²) in [6, 6.07) is 4.46. The SMILES string of the molecule is CC(C)(C)c1ccc(N2C(=O)CN3CCC2CC3)cn1. The van der Waals surface area contributed by atoms with Crippen LogP contribution in [0, 0.1) is 0 Å². The van der Waals surface area contributed by atoms with E-state index in [0.717, 1.165) is 37.3 Å². The number of piperidine rings is 1. The first kappa shape index (κ1) is 13.6. The monoisotopic (exact) mass is 273 g/mol. The number of aromatic nitrogens is 1. The molecule has 0 unspecified atom stereocenters. The van der Waals surface area contributed by atoms with Gasteiger partial charge in [0, 0.05) is 30.2 Å². The lowest BCUT2D eigenvalue weighted by Crippen LogP contribution is -2.40. The average Bonchev–Trinajstić information content (AvgIpc) is 2.65. The molecule has 3 saturated heterocycles. The second-order valence-electron chi connectivity index (χ2n) is 6.92. The number of carbonyl (C=O) groups is 1. The van der Waals surface area contributed by atoms with Crippen LogP contribution in [0.3, 0.4) is 0 Å². The summed E-state index contributed by atoms with van der Waals surface area (Å²) in [5.41, 5.74) is 2.07. The Balaban J connectivity index is 1.89. The summed E-state index contributed by atoms with van der Waals surface area (Å²) in [5, 5.41) is 0. The van der Waals surface area contributed by atoms with Gasteiger partial charge in [0.05, 0.1) is 18.4 Å². The van der Waals surface area contributed by atoms with E-state index in [1.54, 1.807) is 0 Å². The molecule has 0 saturated carbocycles. The quantitative estimate of drug-likeness (QED) is 0.787. The third-order valence-corrected chi connectivity index (χ3v) is 4.34. The fraction of sp³-hybridized carbons (Fsp3) is 0.625. The second-order valence-corrected chi connectivity index (χ2v) is 6.92. The molecule has 2 bridgehead atoms. The minimum Gasteiger partial charge on any atom is -0.307 e. The summed E-state index contributed by atoms with van der Waals surface area (Å²) in [6.45, 7) is 9.10. The van der Waals surface area contributed by atoms with Gasteiger partial charge in [-0.1, -0.05) is 20.8 Å². The molecule has 4 heterocycles. The Bertz CT molecular complexity index is 495. The first-order chi connectivity index (χ1) is 9.45. The second kappa shape index (κ2) is 4.85. The van der Waals surface area contributed by atoms with Gasteiger partial charge in [0.1, 0.15) is 0 Å². The molecular weight excluding hydrogens is 250 g/mol. The van der Waals surface area contributed by atoms with E-state index in [2.05, 4.69) is 42.8 Å². The number of anilines is 1. The van der Waals surface area contributed by atoms with Crippen molar-refractivity contribution in [3.05, 3.63) is 24.0 Å². The summed E-state index contributed by atoms with van der Waals surface area (Å²) in [4.78, 5) is 21.2. The van der Waals surface area contributed by atoms with Gasteiger partial charge < -0.3 is 4.90 Å². The summed E-state index contributed by atoms with van der Waals surface area (Å²) in [7, 11) is 0. The molecule has 0 N–H and O–H groups in total. The van der Waals surface area contributed by atoms with Crippen molar-refractivity contribution >= 4 is 11.6 Å². The third-order valence-electron chi connectivity index (χ3n) is 4.34. The Kier molecular flexibility index (Phi) is 3.28. The number of amides is 1. The molecule has 1 aromatic rings. The van der Waals surface area contributed by atoms with Crippen LogP contribution >= 0.6 is 0 Å². The summed E-state index contributed by atoms with van der Waals surface area (Å²) < 4.78 is 0. The minimum atomic E-state index is 0.0471. The Morgan fingerprint density at radius 3 is 2.45 bits per heavy atom. The highest BCUT2D eigenvalue weighted by atomic mass is 16.2. The van der Waals surface area contributed by atoms with Gasteiger partial charge in [-0.3, -0.25) is 14.7 Å². The van der Waals surface area contributed by atoms with E-state index in [4.69, 9.17) is 0 Å². The van der Waals surface area contributed by atoms with E-state index in [0.29, 0.717) is 12.6 Å². The van der Waals surface area contributed by atoms with Crippen molar-refractivity contribution < 1.29 is 4.79 Å². The largest absolute Gasteiger partial charge is 0.307 e. The number of fused-ring (bicyclic) bond motifs is 4. The number of pyridine rings is 1. The zero-order chi connectivity index (χ0) is 14.3. The highest BCUT2D eigenvalue weighted by Gasteiger charge is 2.34. The maximum atomic E-state index is 12.4. The van der Waals surface area contributed by atoms with E-state index in [9.17, 15) is 4.79 Å². The summed E-state index contributed by atoms with van der Waals surface area (Å²) in [5.74, 6) is 0.218. The number of rotatable bonds is 1. The molecule has 0 atom stereocenters. The van der Waals surface area contributed by atoms with Crippen molar-refractivity contribution in [1.82, 2.24) is 9.88 Å². The van der Waals surface area contributed by atoms with E-state index >= 15 is 0 Å². The first-order valence-electron chi connectivity index (χ1n) is 7.46. The van der Waals surface area contributed by atoms with E-state index in [1.807, 2.05) is 11.1 Å². The molecule has 108 valence electrons. The van der Waals surface area contributed by atoms with Crippen LogP contribution in [0.1, 0.15) is 39.3 Å². The normalized spacial score (nSPS) is 26.8. The van der Waals surface area contributed by atoms with Crippen LogP contribution < -0.4 is 4.90 Å². The van der Waals surface area contributed by atoms with Gasteiger partial charge in [-0.05, 0) is 25.0 Å². The van der Waals surface area contributed by atoms with Gasteiger partial charge >= 0.3 is 0 Å². The summed E-state index contributed by atoms with van der Waals surface area (Å²) >= 11 is 0. The summed E-state index contributed by atoms with van der Waals surface area (Å²) in [6.07, 6.45) is 4.02. The standard InChI is InChI=1S/C16H23N3O/c1-16(2,3)14-5-4-13(10-17-14)19-12-6-8-18(9-7-12)11-15(19)20/h4-5,10,12H,6-9,11H2,1-3H3. The van der Waals surface area contributed by atoms with Crippen molar-refractivity contribution in [2.24, 2.45) is 0 Å². The third kappa shape index (κ3) is 2.44. The van der Waals surface area contributed by atoms with E-state index in [-0.39, 0.29) is 11.3 Å². The molecule has 4 nitrogen and oxygen atoms in total. The lowest BCUT2D eigenvalue weighted by Gasteiger charge is -2.31. The highest BCUT2D eigenvalue weighted by molar-refractivity contribution is 5.95. The Morgan fingerprint density at radius 1 is 1.20 bits per heavy atom. The van der Waals surface area contributed by atoms with Crippen molar-refractivity contribution in [3.8, 4) is 0 Å². The van der Waals surface area contributed by atoms with Crippen LogP contribution in [0.2, 0.25) is 0 Å². The number of carbonyl (C=O) groups excluding carboxylic acids is 1.